The molecule has 1 heterocycles. The number of nitrogens with one attached hydrogen (secondary N) is 2. The molecule has 1 aromatic carbocycles. The van der Waals surface area contributed by atoms with E-state index in [1.54, 1.807) is 37.5 Å². The second kappa shape index (κ2) is 8.45. The third kappa shape index (κ3) is 5.19. The number of thiocarbonyl (C=S) groups is 1. The second-order valence-corrected chi connectivity index (χ2v) is 5.39. The fourth-order valence-corrected chi connectivity index (χ4v) is 2.27. The lowest BCUT2D eigenvalue weighted by Gasteiger charge is -2.12. The summed E-state index contributed by atoms with van der Waals surface area (Å²) >= 11 is 11.3. The van der Waals surface area contributed by atoms with Crippen LogP contribution in [0.15, 0.2) is 42.7 Å². The van der Waals surface area contributed by atoms with Crippen molar-refractivity contribution in [2.75, 3.05) is 11.9 Å². The van der Waals surface area contributed by atoms with Crippen LogP contribution in [0.5, 0.6) is 0 Å². The van der Waals surface area contributed by atoms with Gasteiger partial charge >= 0.3 is 5.97 Å². The summed E-state index contributed by atoms with van der Waals surface area (Å²) in [7, 11) is 0. The Morgan fingerprint density at radius 3 is 2.70 bits per heavy atom. The minimum atomic E-state index is -0.442. The van der Waals surface area contributed by atoms with Crippen LogP contribution in [0.1, 0.15) is 22.8 Å². The Hall–Kier alpha value is -2.18. The quantitative estimate of drug-likeness (QED) is 0.637. The van der Waals surface area contributed by atoms with Crippen molar-refractivity contribution in [2.24, 2.45) is 0 Å². The number of carbonyl (C=O) groups excluding carboxylic acids is 1. The maximum absolute atomic E-state index is 11.7. The first-order chi connectivity index (χ1) is 11.1. The van der Waals surface area contributed by atoms with Gasteiger partial charge in [0.2, 0.25) is 0 Å². The Balaban J connectivity index is 1.93. The lowest BCUT2D eigenvalue weighted by Crippen LogP contribution is -2.27. The molecule has 2 aromatic rings. The van der Waals surface area contributed by atoms with Gasteiger partial charge in [0, 0.05) is 24.6 Å². The highest BCUT2D eigenvalue weighted by Crippen LogP contribution is 2.21. The number of ether oxygens (including phenoxy) is 1. The smallest absolute Gasteiger partial charge is 0.339 e. The van der Waals surface area contributed by atoms with Crippen LogP contribution in [0.3, 0.4) is 0 Å². The lowest BCUT2D eigenvalue weighted by molar-refractivity contribution is 0.0526. The number of rotatable bonds is 5. The van der Waals surface area contributed by atoms with Gasteiger partial charge < -0.3 is 15.4 Å². The standard InChI is InChI=1S/C16H16ClN3O2S/c1-2-22-15(21)13-4-3-12(9-14(13)17)20-16(23)19-10-11-5-7-18-8-6-11/h3-9H,2,10H2,1H3,(H2,19,20,23). The average molecular weight is 350 g/mol. The predicted molar refractivity (Wildman–Crippen MR) is 94.7 cm³/mol. The van der Waals surface area contributed by atoms with Crippen molar-refractivity contribution >= 4 is 40.6 Å². The van der Waals surface area contributed by atoms with E-state index >= 15 is 0 Å². The summed E-state index contributed by atoms with van der Waals surface area (Å²) in [4.78, 5) is 15.6. The molecule has 23 heavy (non-hydrogen) atoms. The largest absolute Gasteiger partial charge is 0.462 e. The first-order valence-electron chi connectivity index (χ1n) is 7.00. The fraction of sp³-hybridized carbons (Fsp3) is 0.188. The molecule has 0 bridgehead atoms. The number of esters is 1. The van der Waals surface area contributed by atoms with E-state index in [0.29, 0.717) is 34.5 Å². The molecule has 0 atom stereocenters. The number of hydrogen-bond donors (Lipinski definition) is 2. The highest BCUT2D eigenvalue weighted by Gasteiger charge is 2.12. The van der Waals surface area contributed by atoms with Crippen LogP contribution in [0.25, 0.3) is 0 Å². The average Bonchev–Trinajstić information content (AvgIpc) is 2.54. The molecule has 0 amide bonds. The summed E-state index contributed by atoms with van der Waals surface area (Å²) in [6.07, 6.45) is 3.45. The monoisotopic (exact) mass is 349 g/mol. The molecule has 5 nitrogen and oxygen atoms in total. The Labute approximate surface area is 145 Å². The zero-order valence-corrected chi connectivity index (χ0v) is 14.1. The van der Waals surface area contributed by atoms with E-state index < -0.39 is 5.97 Å². The molecule has 2 rings (SSSR count). The molecule has 0 aliphatic carbocycles. The number of aromatic nitrogens is 1. The maximum Gasteiger partial charge on any atom is 0.339 e. The number of halogens is 1. The predicted octanol–water partition coefficient (Wildman–Crippen LogP) is 3.40. The molecular weight excluding hydrogens is 334 g/mol. The Bertz CT molecular complexity index is 695. The summed E-state index contributed by atoms with van der Waals surface area (Å²) in [5.74, 6) is -0.442. The molecule has 7 heteroatoms. The third-order valence-electron chi connectivity index (χ3n) is 2.92. The number of pyridine rings is 1. The van der Waals surface area contributed by atoms with Crippen molar-refractivity contribution < 1.29 is 9.53 Å². The second-order valence-electron chi connectivity index (χ2n) is 4.58. The molecule has 2 N–H and O–H groups in total. The van der Waals surface area contributed by atoms with E-state index in [2.05, 4.69) is 15.6 Å². The van der Waals surface area contributed by atoms with Crippen LogP contribution in [0.2, 0.25) is 5.02 Å². The van der Waals surface area contributed by atoms with Crippen molar-refractivity contribution in [3.8, 4) is 0 Å². The number of nitrogens with zero attached hydrogens (tertiary/aromatic N) is 1. The topological polar surface area (TPSA) is 63.2 Å². The van der Waals surface area contributed by atoms with E-state index in [1.165, 1.54) is 0 Å². The zero-order chi connectivity index (χ0) is 16.7. The van der Waals surface area contributed by atoms with Gasteiger partial charge in [0.05, 0.1) is 17.2 Å². The number of anilines is 1. The number of hydrogen-bond acceptors (Lipinski definition) is 4. The van der Waals surface area contributed by atoms with Crippen LogP contribution in [-0.2, 0) is 11.3 Å². The van der Waals surface area contributed by atoms with Crippen molar-refractivity contribution in [2.45, 2.75) is 13.5 Å². The van der Waals surface area contributed by atoms with E-state index in [4.69, 9.17) is 28.6 Å². The summed E-state index contributed by atoms with van der Waals surface area (Å²) in [6, 6.07) is 8.77. The molecule has 0 aliphatic rings. The molecule has 0 fully saturated rings. The van der Waals surface area contributed by atoms with E-state index in [-0.39, 0.29) is 0 Å². The van der Waals surface area contributed by atoms with Gasteiger partial charge in [-0.1, -0.05) is 11.6 Å². The Morgan fingerprint density at radius 2 is 2.04 bits per heavy atom. The summed E-state index contributed by atoms with van der Waals surface area (Å²) in [5, 5.41) is 6.87. The molecule has 1 aromatic heterocycles. The molecule has 0 spiro atoms. The fourth-order valence-electron chi connectivity index (χ4n) is 1.83. The van der Waals surface area contributed by atoms with Gasteiger partial charge in [0.25, 0.3) is 0 Å². The minimum absolute atomic E-state index is 0.304. The van der Waals surface area contributed by atoms with E-state index in [0.717, 1.165) is 5.56 Å². The highest BCUT2D eigenvalue weighted by atomic mass is 35.5. The van der Waals surface area contributed by atoms with Crippen molar-refractivity contribution in [1.29, 1.82) is 0 Å². The van der Waals surface area contributed by atoms with Gasteiger partial charge in [-0.25, -0.2) is 4.79 Å². The summed E-state index contributed by atoms with van der Waals surface area (Å²) in [6.45, 7) is 2.63. The molecular formula is C16H16ClN3O2S. The van der Waals surface area contributed by atoms with Crippen LogP contribution in [0, 0.1) is 0 Å². The van der Waals surface area contributed by atoms with Gasteiger partial charge in [-0.05, 0) is 55.0 Å². The Kier molecular flexibility index (Phi) is 6.31. The molecule has 0 radical (unpaired) electrons. The first kappa shape index (κ1) is 17.2. The zero-order valence-electron chi connectivity index (χ0n) is 12.5. The summed E-state index contributed by atoms with van der Waals surface area (Å²) in [5.41, 5.74) is 2.09. The van der Waals surface area contributed by atoms with Crippen molar-refractivity contribution in [1.82, 2.24) is 10.3 Å². The van der Waals surface area contributed by atoms with Crippen LogP contribution < -0.4 is 10.6 Å². The minimum Gasteiger partial charge on any atom is -0.462 e. The van der Waals surface area contributed by atoms with Crippen molar-refractivity contribution in [3.63, 3.8) is 0 Å². The van der Waals surface area contributed by atoms with Gasteiger partial charge in [0.1, 0.15) is 0 Å². The molecule has 0 saturated heterocycles. The highest BCUT2D eigenvalue weighted by molar-refractivity contribution is 7.80. The summed E-state index contributed by atoms with van der Waals surface area (Å²) < 4.78 is 4.93. The van der Waals surface area contributed by atoms with Gasteiger partial charge in [-0.2, -0.15) is 0 Å². The Morgan fingerprint density at radius 1 is 1.30 bits per heavy atom. The number of carbonyl (C=O) groups is 1. The van der Waals surface area contributed by atoms with Gasteiger partial charge in [0.15, 0.2) is 5.11 Å². The van der Waals surface area contributed by atoms with Gasteiger partial charge in [-0.15, -0.1) is 0 Å². The van der Waals surface area contributed by atoms with Crippen molar-refractivity contribution in [3.05, 3.63) is 58.9 Å². The molecule has 0 unspecified atom stereocenters. The SMILES string of the molecule is CCOC(=O)c1ccc(NC(=S)NCc2ccncc2)cc1Cl. The van der Waals surface area contributed by atoms with E-state index in [1.807, 2.05) is 12.1 Å². The molecule has 120 valence electrons. The molecule has 0 aliphatic heterocycles. The van der Waals surface area contributed by atoms with Crippen LogP contribution in [-0.4, -0.2) is 22.7 Å². The maximum atomic E-state index is 11.7. The normalized spacial score (nSPS) is 10.0. The number of benzene rings is 1. The molecule has 0 saturated carbocycles. The van der Waals surface area contributed by atoms with Gasteiger partial charge in [-0.3, -0.25) is 4.98 Å². The van der Waals surface area contributed by atoms with Crippen LogP contribution in [0.4, 0.5) is 5.69 Å². The van der Waals surface area contributed by atoms with E-state index in [9.17, 15) is 4.79 Å². The first-order valence-corrected chi connectivity index (χ1v) is 7.79. The third-order valence-corrected chi connectivity index (χ3v) is 3.48. The van der Waals surface area contributed by atoms with Crippen LogP contribution >= 0.6 is 23.8 Å². The lowest BCUT2D eigenvalue weighted by atomic mass is 10.2.